The monoisotopic (exact) mass is 268 g/mol. The SMILES string of the molecule is CCc1ccc(NS(=O)(=O)CC2CCNC2)cc1. The molecular weight excluding hydrogens is 248 g/mol. The van der Waals surface area contributed by atoms with Gasteiger partial charge in [-0.15, -0.1) is 0 Å². The molecular formula is C13H20N2O2S. The summed E-state index contributed by atoms with van der Waals surface area (Å²) < 4.78 is 26.6. The highest BCUT2D eigenvalue weighted by atomic mass is 32.2. The van der Waals surface area contributed by atoms with Gasteiger partial charge in [0.05, 0.1) is 5.75 Å². The zero-order valence-corrected chi connectivity index (χ0v) is 11.5. The van der Waals surface area contributed by atoms with E-state index in [1.165, 1.54) is 5.56 Å². The Morgan fingerprint density at radius 3 is 2.61 bits per heavy atom. The van der Waals surface area contributed by atoms with E-state index in [-0.39, 0.29) is 11.7 Å². The third kappa shape index (κ3) is 3.71. The van der Waals surface area contributed by atoms with Crippen molar-refractivity contribution >= 4 is 15.7 Å². The van der Waals surface area contributed by atoms with Crippen LogP contribution in [0.25, 0.3) is 0 Å². The van der Waals surface area contributed by atoms with Gasteiger partial charge in [-0.1, -0.05) is 19.1 Å². The van der Waals surface area contributed by atoms with Crippen molar-refractivity contribution in [1.82, 2.24) is 5.32 Å². The van der Waals surface area contributed by atoms with Crippen LogP contribution in [0.4, 0.5) is 5.69 Å². The van der Waals surface area contributed by atoms with Crippen LogP contribution in [0, 0.1) is 5.92 Å². The number of rotatable bonds is 5. The number of aryl methyl sites for hydroxylation is 1. The lowest BCUT2D eigenvalue weighted by atomic mass is 10.2. The molecule has 1 heterocycles. The summed E-state index contributed by atoms with van der Waals surface area (Å²) in [5.41, 5.74) is 1.86. The van der Waals surface area contributed by atoms with Crippen LogP contribution in [-0.2, 0) is 16.4 Å². The quantitative estimate of drug-likeness (QED) is 0.853. The van der Waals surface area contributed by atoms with Crippen LogP contribution in [0.5, 0.6) is 0 Å². The molecule has 1 saturated heterocycles. The smallest absolute Gasteiger partial charge is 0.233 e. The number of benzene rings is 1. The van der Waals surface area contributed by atoms with E-state index in [9.17, 15) is 8.42 Å². The van der Waals surface area contributed by atoms with Crippen molar-refractivity contribution in [2.45, 2.75) is 19.8 Å². The molecule has 100 valence electrons. The van der Waals surface area contributed by atoms with Crippen LogP contribution in [0.15, 0.2) is 24.3 Å². The van der Waals surface area contributed by atoms with E-state index in [0.717, 1.165) is 25.9 Å². The third-order valence-corrected chi connectivity index (χ3v) is 4.71. The van der Waals surface area contributed by atoms with E-state index < -0.39 is 10.0 Å². The Morgan fingerprint density at radius 1 is 1.33 bits per heavy atom. The van der Waals surface area contributed by atoms with Crippen molar-refractivity contribution in [3.8, 4) is 0 Å². The van der Waals surface area contributed by atoms with E-state index in [1.54, 1.807) is 0 Å². The molecule has 2 rings (SSSR count). The molecule has 4 nitrogen and oxygen atoms in total. The topological polar surface area (TPSA) is 58.2 Å². The second-order valence-electron chi connectivity index (χ2n) is 4.79. The molecule has 1 unspecified atom stereocenters. The van der Waals surface area contributed by atoms with Crippen molar-refractivity contribution in [1.29, 1.82) is 0 Å². The van der Waals surface area contributed by atoms with Crippen LogP contribution in [0.3, 0.4) is 0 Å². The summed E-state index contributed by atoms with van der Waals surface area (Å²) >= 11 is 0. The van der Waals surface area contributed by atoms with E-state index >= 15 is 0 Å². The maximum Gasteiger partial charge on any atom is 0.233 e. The van der Waals surface area contributed by atoms with Crippen molar-refractivity contribution < 1.29 is 8.42 Å². The molecule has 1 aromatic carbocycles. The molecule has 0 aliphatic carbocycles. The normalized spacial score (nSPS) is 19.9. The number of anilines is 1. The Hall–Kier alpha value is -1.07. The Kier molecular flexibility index (Phi) is 4.24. The summed E-state index contributed by atoms with van der Waals surface area (Å²) in [6, 6.07) is 7.55. The van der Waals surface area contributed by atoms with Gasteiger partial charge in [-0.05, 0) is 49.5 Å². The van der Waals surface area contributed by atoms with Gasteiger partial charge in [-0.2, -0.15) is 0 Å². The first kappa shape index (κ1) is 13.4. The molecule has 5 heteroatoms. The minimum Gasteiger partial charge on any atom is -0.316 e. The van der Waals surface area contributed by atoms with Gasteiger partial charge in [0.15, 0.2) is 0 Å². The first-order chi connectivity index (χ1) is 8.59. The predicted molar refractivity (Wildman–Crippen MR) is 74.2 cm³/mol. The summed E-state index contributed by atoms with van der Waals surface area (Å²) in [7, 11) is -3.23. The zero-order chi connectivity index (χ0) is 13.0. The molecule has 1 aliphatic rings. The molecule has 0 aromatic heterocycles. The molecule has 0 amide bonds. The van der Waals surface area contributed by atoms with Gasteiger partial charge in [-0.25, -0.2) is 8.42 Å². The molecule has 2 N–H and O–H groups in total. The van der Waals surface area contributed by atoms with Crippen molar-refractivity contribution in [2.24, 2.45) is 5.92 Å². The fourth-order valence-electron chi connectivity index (χ4n) is 2.20. The van der Waals surface area contributed by atoms with Gasteiger partial charge in [0.25, 0.3) is 0 Å². The molecule has 1 atom stereocenters. The van der Waals surface area contributed by atoms with Crippen LogP contribution in [0.2, 0.25) is 0 Å². The fraction of sp³-hybridized carbons (Fsp3) is 0.538. The molecule has 1 fully saturated rings. The number of nitrogens with one attached hydrogen (secondary N) is 2. The minimum absolute atomic E-state index is 0.204. The minimum atomic E-state index is -3.23. The maximum absolute atomic E-state index is 12.0. The molecule has 0 radical (unpaired) electrons. The van der Waals surface area contributed by atoms with Crippen LogP contribution in [-0.4, -0.2) is 27.3 Å². The Bertz CT molecular complexity index is 476. The zero-order valence-electron chi connectivity index (χ0n) is 10.6. The number of sulfonamides is 1. The Morgan fingerprint density at radius 2 is 2.06 bits per heavy atom. The molecule has 0 spiro atoms. The lowest BCUT2D eigenvalue weighted by molar-refractivity contribution is 0.575. The average Bonchev–Trinajstić information content (AvgIpc) is 2.81. The standard InChI is InChI=1S/C13H20N2O2S/c1-2-11-3-5-13(6-4-11)15-18(16,17)10-12-7-8-14-9-12/h3-6,12,14-15H,2,7-10H2,1H3. The third-order valence-electron chi connectivity index (χ3n) is 3.25. The molecule has 0 bridgehead atoms. The first-order valence-corrected chi connectivity index (χ1v) is 8.04. The number of hydrogen-bond donors (Lipinski definition) is 2. The lowest BCUT2D eigenvalue weighted by Gasteiger charge is -2.11. The van der Waals surface area contributed by atoms with Crippen molar-refractivity contribution in [2.75, 3.05) is 23.6 Å². The van der Waals surface area contributed by atoms with Gasteiger partial charge in [0.2, 0.25) is 10.0 Å². The lowest BCUT2D eigenvalue weighted by Crippen LogP contribution is -2.24. The number of hydrogen-bond acceptors (Lipinski definition) is 3. The second kappa shape index (κ2) is 5.71. The van der Waals surface area contributed by atoms with Crippen molar-refractivity contribution in [3.63, 3.8) is 0 Å². The van der Waals surface area contributed by atoms with E-state index in [2.05, 4.69) is 17.0 Å². The Labute approximate surface area is 109 Å². The van der Waals surface area contributed by atoms with E-state index in [4.69, 9.17) is 0 Å². The molecule has 0 saturated carbocycles. The van der Waals surface area contributed by atoms with Gasteiger partial charge >= 0.3 is 0 Å². The maximum atomic E-state index is 12.0. The van der Waals surface area contributed by atoms with E-state index in [1.807, 2.05) is 24.3 Å². The summed E-state index contributed by atoms with van der Waals surface area (Å²) in [5, 5.41) is 3.18. The molecule has 1 aromatic rings. The van der Waals surface area contributed by atoms with Crippen LogP contribution >= 0.6 is 0 Å². The van der Waals surface area contributed by atoms with Gasteiger partial charge < -0.3 is 5.32 Å². The van der Waals surface area contributed by atoms with Crippen LogP contribution < -0.4 is 10.0 Å². The Balaban J connectivity index is 1.97. The molecule has 1 aliphatic heterocycles. The summed E-state index contributed by atoms with van der Waals surface area (Å²) in [6.07, 6.45) is 1.90. The van der Waals surface area contributed by atoms with Gasteiger partial charge in [0.1, 0.15) is 0 Å². The highest BCUT2D eigenvalue weighted by molar-refractivity contribution is 7.92. The van der Waals surface area contributed by atoms with Crippen LogP contribution in [0.1, 0.15) is 18.9 Å². The van der Waals surface area contributed by atoms with Crippen molar-refractivity contribution in [3.05, 3.63) is 29.8 Å². The largest absolute Gasteiger partial charge is 0.316 e. The summed E-state index contributed by atoms with van der Waals surface area (Å²) in [4.78, 5) is 0. The summed E-state index contributed by atoms with van der Waals surface area (Å²) in [6.45, 7) is 3.80. The highest BCUT2D eigenvalue weighted by Crippen LogP contribution is 2.15. The second-order valence-corrected chi connectivity index (χ2v) is 6.56. The highest BCUT2D eigenvalue weighted by Gasteiger charge is 2.22. The average molecular weight is 268 g/mol. The fourth-order valence-corrected chi connectivity index (χ4v) is 3.68. The van der Waals surface area contributed by atoms with Gasteiger partial charge in [0, 0.05) is 5.69 Å². The van der Waals surface area contributed by atoms with Gasteiger partial charge in [-0.3, -0.25) is 4.72 Å². The molecule has 18 heavy (non-hydrogen) atoms. The first-order valence-electron chi connectivity index (χ1n) is 6.39. The van der Waals surface area contributed by atoms with E-state index in [0.29, 0.717) is 5.69 Å². The summed E-state index contributed by atoms with van der Waals surface area (Å²) in [5.74, 6) is 0.438. The predicted octanol–water partition coefficient (Wildman–Crippen LogP) is 1.60.